The molecule has 1 N–H and O–H groups in total. The lowest BCUT2D eigenvalue weighted by atomic mass is 9.88. The molecule has 4 heterocycles. The summed E-state index contributed by atoms with van der Waals surface area (Å²) in [7, 11) is 0. The van der Waals surface area contributed by atoms with Crippen LogP contribution in [0.4, 0.5) is 4.79 Å². The molecular formula is C42H42Br4Cl2N4O2. The largest absolute Gasteiger partial charge is 0.450 e. The van der Waals surface area contributed by atoms with Crippen molar-refractivity contribution in [2.75, 3.05) is 32.8 Å². The maximum Gasteiger partial charge on any atom is 0.409 e. The molecule has 12 heteroatoms. The summed E-state index contributed by atoms with van der Waals surface area (Å²) in [5.41, 5.74) is 15.1. The molecule has 0 bridgehead atoms. The summed E-state index contributed by atoms with van der Waals surface area (Å²) < 4.78 is 9.19. The second-order valence-corrected chi connectivity index (χ2v) is 17.7. The molecule has 284 valence electrons. The lowest BCUT2D eigenvalue weighted by molar-refractivity contribution is 0.104. The van der Waals surface area contributed by atoms with Crippen molar-refractivity contribution in [3.63, 3.8) is 0 Å². The number of aryl methyl sites for hydroxylation is 2. The Balaban J connectivity index is 0.000000184. The molecule has 8 rings (SSSR count). The summed E-state index contributed by atoms with van der Waals surface area (Å²) in [6.45, 7) is 5.63. The minimum absolute atomic E-state index is 0. The van der Waals surface area contributed by atoms with Crippen LogP contribution in [0.5, 0.6) is 0 Å². The molecule has 0 saturated carbocycles. The lowest BCUT2D eigenvalue weighted by Gasteiger charge is -2.29. The van der Waals surface area contributed by atoms with E-state index in [0.29, 0.717) is 19.7 Å². The molecule has 2 saturated heterocycles. The summed E-state index contributed by atoms with van der Waals surface area (Å²) in [6, 6.07) is 12.6. The molecular weight excluding hydrogens is 983 g/mol. The summed E-state index contributed by atoms with van der Waals surface area (Å²) in [5, 5.41) is 4.96. The van der Waals surface area contributed by atoms with Gasteiger partial charge >= 0.3 is 6.09 Å². The van der Waals surface area contributed by atoms with E-state index in [1.54, 1.807) is 4.90 Å². The number of pyridine rings is 2. The third kappa shape index (κ3) is 8.75. The smallest absolute Gasteiger partial charge is 0.409 e. The third-order valence-electron chi connectivity index (χ3n) is 10.4. The van der Waals surface area contributed by atoms with E-state index in [0.717, 1.165) is 104 Å². The van der Waals surface area contributed by atoms with Gasteiger partial charge in [-0.05, 0) is 193 Å². The Labute approximate surface area is 362 Å². The normalized spacial score (nSPS) is 16.4. The van der Waals surface area contributed by atoms with E-state index in [1.807, 2.05) is 31.5 Å². The van der Waals surface area contributed by atoms with E-state index in [-0.39, 0.29) is 13.5 Å². The van der Waals surface area contributed by atoms with Crippen LogP contribution in [-0.4, -0.2) is 53.7 Å². The number of fused-ring (bicyclic) bond motifs is 4. The van der Waals surface area contributed by atoms with Crippen LogP contribution in [0.1, 0.15) is 84.8 Å². The first-order valence-corrected chi connectivity index (χ1v) is 21.9. The fraction of sp³-hybridized carbons (Fsp3) is 0.357. The van der Waals surface area contributed by atoms with E-state index < -0.39 is 0 Å². The van der Waals surface area contributed by atoms with Crippen LogP contribution < -0.4 is 5.32 Å². The van der Waals surface area contributed by atoms with Gasteiger partial charge in [0.2, 0.25) is 0 Å². The molecule has 0 spiro atoms. The summed E-state index contributed by atoms with van der Waals surface area (Å²) in [6.07, 6.45) is 11.1. The first-order valence-electron chi connectivity index (χ1n) is 17.9. The number of hydrogen-bond donors (Lipinski definition) is 1. The highest BCUT2D eigenvalue weighted by molar-refractivity contribution is 9.11. The number of amides is 1. The van der Waals surface area contributed by atoms with Crippen molar-refractivity contribution in [1.29, 1.82) is 0 Å². The molecule has 2 fully saturated rings. The number of nitrogens with one attached hydrogen (secondary N) is 1. The van der Waals surface area contributed by atoms with E-state index in [4.69, 9.17) is 37.9 Å². The van der Waals surface area contributed by atoms with Gasteiger partial charge in [-0.3, -0.25) is 9.97 Å². The molecule has 0 atom stereocenters. The van der Waals surface area contributed by atoms with Crippen LogP contribution in [0.15, 0.2) is 77.8 Å². The minimum Gasteiger partial charge on any atom is -0.450 e. The zero-order valence-electron chi connectivity index (χ0n) is 29.2. The van der Waals surface area contributed by atoms with Gasteiger partial charge in [-0.25, -0.2) is 4.79 Å². The molecule has 2 aromatic carbocycles. The number of benzene rings is 2. The van der Waals surface area contributed by atoms with Crippen molar-refractivity contribution in [2.24, 2.45) is 0 Å². The molecule has 2 aliphatic heterocycles. The maximum absolute atomic E-state index is 12.1. The molecule has 4 aliphatic rings. The van der Waals surface area contributed by atoms with Crippen molar-refractivity contribution in [3.8, 4) is 0 Å². The van der Waals surface area contributed by atoms with Gasteiger partial charge in [0.05, 0.1) is 28.0 Å². The number of likely N-dealkylation sites (tertiary alicyclic amines) is 1. The Hall–Kier alpha value is -2.05. The Kier molecular flexibility index (Phi) is 14.2. The van der Waals surface area contributed by atoms with Crippen LogP contribution in [0.3, 0.4) is 0 Å². The SMILES string of the molecule is C.CCOC(=O)N1CCC(=C2c3ccc(Cl)c(Br)c3CCc3cc(Br)cnc32)CC1.Clc1ccc2c(c1Br)CCc1cc(Br)cnc1C2=C1CCNCC1. The zero-order valence-corrected chi connectivity index (χ0v) is 37.1. The van der Waals surface area contributed by atoms with Gasteiger partial charge in [-0.15, -0.1) is 0 Å². The molecule has 2 aliphatic carbocycles. The third-order valence-corrected chi connectivity index (χ3v) is 14.1. The van der Waals surface area contributed by atoms with Gasteiger partial charge in [-0.1, -0.05) is 53.9 Å². The van der Waals surface area contributed by atoms with E-state index in [1.165, 1.54) is 55.7 Å². The number of piperidine rings is 2. The monoisotopic (exact) mass is 1020 g/mol. The number of carbonyl (C=O) groups excluding carboxylic acids is 1. The molecule has 0 unspecified atom stereocenters. The Morgan fingerprint density at radius 2 is 1.19 bits per heavy atom. The topological polar surface area (TPSA) is 67.3 Å². The summed E-state index contributed by atoms with van der Waals surface area (Å²) >= 11 is 27.3. The average molecular weight is 1030 g/mol. The van der Waals surface area contributed by atoms with Gasteiger partial charge in [0.25, 0.3) is 0 Å². The van der Waals surface area contributed by atoms with Crippen LogP contribution in [0.2, 0.25) is 10.0 Å². The summed E-state index contributed by atoms with van der Waals surface area (Å²) in [5.74, 6) is 0. The number of aromatic nitrogens is 2. The molecule has 6 nitrogen and oxygen atoms in total. The highest BCUT2D eigenvalue weighted by Gasteiger charge is 2.29. The van der Waals surface area contributed by atoms with Crippen LogP contribution in [-0.2, 0) is 30.4 Å². The standard InChI is InChI=1S/C22H21Br2ClN2O2.C19H17Br2ClN2.CH4/c1-2-29-22(28)27-9-7-13(8-10-27)19-16-5-6-18(25)20(24)17(16)4-3-14-11-15(23)12-26-21(14)19;20-13-9-12-1-2-15-14(3-4-16(22)18(15)21)17(19(12)24-10-13)11-5-7-23-8-6-11;/h5-6,11-12H,2-4,7-10H2,1H3;3-4,9-10,23H,1-2,5-8H2;1H4. The second kappa shape index (κ2) is 18.5. The number of hydrogen-bond acceptors (Lipinski definition) is 5. The predicted octanol–water partition coefficient (Wildman–Crippen LogP) is 12.6. The van der Waals surface area contributed by atoms with Crippen LogP contribution in [0, 0.1) is 0 Å². The predicted molar refractivity (Wildman–Crippen MR) is 236 cm³/mol. The van der Waals surface area contributed by atoms with E-state index >= 15 is 0 Å². The van der Waals surface area contributed by atoms with Crippen molar-refractivity contribution in [2.45, 2.75) is 65.7 Å². The number of rotatable bonds is 1. The van der Waals surface area contributed by atoms with Gasteiger partial charge < -0.3 is 15.0 Å². The van der Waals surface area contributed by atoms with E-state index in [9.17, 15) is 4.79 Å². The molecule has 1 amide bonds. The van der Waals surface area contributed by atoms with Gasteiger partial charge in [-0.2, -0.15) is 0 Å². The number of halogens is 6. The minimum atomic E-state index is -0.227. The first kappa shape index (κ1) is 41.6. The van der Waals surface area contributed by atoms with Crippen molar-refractivity contribution in [1.82, 2.24) is 20.2 Å². The second-order valence-electron chi connectivity index (χ2n) is 13.5. The quantitative estimate of drug-likeness (QED) is 0.206. The maximum atomic E-state index is 12.1. The Morgan fingerprint density at radius 3 is 1.65 bits per heavy atom. The van der Waals surface area contributed by atoms with Gasteiger partial charge in [0.1, 0.15) is 0 Å². The summed E-state index contributed by atoms with van der Waals surface area (Å²) in [4.78, 5) is 23.5. The lowest BCUT2D eigenvalue weighted by Crippen LogP contribution is -2.37. The highest BCUT2D eigenvalue weighted by Crippen LogP contribution is 2.44. The fourth-order valence-corrected chi connectivity index (χ4v) is 10.0. The van der Waals surface area contributed by atoms with Crippen LogP contribution >= 0.6 is 86.9 Å². The molecule has 2 aromatic heterocycles. The van der Waals surface area contributed by atoms with Crippen LogP contribution in [0.25, 0.3) is 11.1 Å². The Morgan fingerprint density at radius 1 is 0.722 bits per heavy atom. The highest BCUT2D eigenvalue weighted by atomic mass is 79.9. The number of nitrogens with zero attached hydrogens (tertiary/aromatic N) is 3. The van der Waals surface area contributed by atoms with Crippen molar-refractivity contribution in [3.05, 3.63) is 133 Å². The average Bonchev–Trinajstić information content (AvgIpc) is 3.43. The molecule has 54 heavy (non-hydrogen) atoms. The van der Waals surface area contributed by atoms with E-state index in [2.05, 4.69) is 93.3 Å². The number of ether oxygens (including phenoxy) is 1. The van der Waals surface area contributed by atoms with Crippen molar-refractivity contribution >= 4 is 104 Å². The zero-order chi connectivity index (χ0) is 37.2. The molecule has 0 radical (unpaired) electrons. The molecule has 4 aromatic rings. The first-order chi connectivity index (χ1) is 25.6. The fourth-order valence-electron chi connectivity index (χ4n) is 7.83. The van der Waals surface area contributed by atoms with Crippen molar-refractivity contribution < 1.29 is 9.53 Å². The van der Waals surface area contributed by atoms with Gasteiger partial charge in [0, 0.05) is 54.5 Å². The number of carbonyl (C=O) groups is 1. The van der Waals surface area contributed by atoms with Gasteiger partial charge in [0.15, 0.2) is 0 Å². The Bertz CT molecular complexity index is 2140.